The Morgan fingerprint density at radius 2 is 1.83 bits per heavy atom. The first-order chi connectivity index (χ1) is 13.9. The van der Waals surface area contributed by atoms with E-state index in [1.165, 1.54) is 17.3 Å². The van der Waals surface area contributed by atoms with Crippen molar-refractivity contribution in [1.29, 1.82) is 0 Å². The monoisotopic (exact) mass is 422 g/mol. The van der Waals surface area contributed by atoms with Crippen molar-refractivity contribution in [2.75, 3.05) is 10.7 Å². The van der Waals surface area contributed by atoms with Crippen LogP contribution in [0.2, 0.25) is 0 Å². The topological polar surface area (TPSA) is 57.1 Å². The number of hydrogen-bond donors (Lipinski definition) is 1. The average Bonchev–Trinajstić information content (AvgIpc) is 3.07. The minimum atomic E-state index is 0.0406. The summed E-state index contributed by atoms with van der Waals surface area (Å²) in [6, 6.07) is 14.2. The molecule has 1 amide bonds. The summed E-state index contributed by atoms with van der Waals surface area (Å²) in [7, 11) is 0. The molecule has 0 atom stereocenters. The number of hydrogen-bond acceptors (Lipinski definition) is 6. The number of anilines is 1. The summed E-state index contributed by atoms with van der Waals surface area (Å²) in [4.78, 5) is 21.0. The molecular formula is C22H22N4OS2. The predicted octanol–water partition coefficient (Wildman–Crippen LogP) is 5.37. The van der Waals surface area contributed by atoms with Gasteiger partial charge in [-0.1, -0.05) is 47.3 Å². The Labute approximate surface area is 179 Å². The number of aliphatic imine (C=N–C) groups is 1. The van der Waals surface area contributed by atoms with E-state index in [-0.39, 0.29) is 5.91 Å². The molecule has 0 spiro atoms. The van der Waals surface area contributed by atoms with Crippen LogP contribution in [0.15, 0.2) is 68.1 Å². The first kappa shape index (κ1) is 19.8. The molecule has 0 radical (unpaired) electrons. The van der Waals surface area contributed by atoms with E-state index in [0.717, 1.165) is 38.1 Å². The zero-order valence-electron chi connectivity index (χ0n) is 16.8. The van der Waals surface area contributed by atoms with Crippen molar-refractivity contribution in [3.05, 3.63) is 64.2 Å². The molecule has 0 saturated carbocycles. The van der Waals surface area contributed by atoms with E-state index < -0.39 is 0 Å². The van der Waals surface area contributed by atoms with Crippen molar-refractivity contribution in [3.8, 4) is 0 Å². The van der Waals surface area contributed by atoms with Crippen molar-refractivity contribution in [3.63, 3.8) is 0 Å². The molecule has 29 heavy (non-hydrogen) atoms. The Morgan fingerprint density at radius 1 is 1.10 bits per heavy atom. The zero-order chi connectivity index (χ0) is 20.5. The molecule has 2 aliphatic rings. The summed E-state index contributed by atoms with van der Waals surface area (Å²) in [6.45, 7) is 8.11. The van der Waals surface area contributed by atoms with Crippen LogP contribution in [0.5, 0.6) is 0 Å². The van der Waals surface area contributed by atoms with Crippen LogP contribution in [0.25, 0.3) is 0 Å². The van der Waals surface area contributed by atoms with Gasteiger partial charge < -0.3 is 0 Å². The van der Waals surface area contributed by atoms with Crippen LogP contribution in [0, 0.1) is 13.8 Å². The minimum absolute atomic E-state index is 0.0406. The van der Waals surface area contributed by atoms with E-state index in [9.17, 15) is 4.79 Å². The molecular weight excluding hydrogens is 400 g/mol. The van der Waals surface area contributed by atoms with Crippen LogP contribution in [0.4, 0.5) is 11.4 Å². The number of aryl methyl sites for hydroxylation is 2. The fourth-order valence-corrected chi connectivity index (χ4v) is 5.04. The molecule has 148 valence electrons. The number of fused-ring (bicyclic) bond motifs is 1. The summed E-state index contributed by atoms with van der Waals surface area (Å²) >= 11 is 3.14. The second-order valence-corrected chi connectivity index (χ2v) is 9.08. The fraction of sp³-hybridized carbons (Fsp3) is 0.227. The zero-order valence-corrected chi connectivity index (χ0v) is 18.4. The van der Waals surface area contributed by atoms with Crippen molar-refractivity contribution in [2.24, 2.45) is 10.1 Å². The van der Waals surface area contributed by atoms with Crippen LogP contribution in [0.3, 0.4) is 0 Å². The molecule has 1 saturated heterocycles. The second-order valence-electron chi connectivity index (χ2n) is 7.08. The molecule has 0 aliphatic carbocycles. The summed E-state index contributed by atoms with van der Waals surface area (Å²) in [5.74, 6) is 0.435. The third kappa shape index (κ3) is 4.11. The third-order valence-corrected chi connectivity index (χ3v) is 6.94. The normalized spacial score (nSPS) is 19.3. The number of hydrazone groups is 1. The molecule has 2 aromatic rings. The lowest BCUT2D eigenvalue weighted by Crippen LogP contribution is -2.30. The summed E-state index contributed by atoms with van der Waals surface area (Å²) in [5, 5.41) is 5.20. The van der Waals surface area contributed by atoms with Gasteiger partial charge >= 0.3 is 0 Å². The van der Waals surface area contributed by atoms with E-state index in [2.05, 4.69) is 35.7 Å². The maximum atomic E-state index is 12.4. The Bertz CT molecular complexity index is 1070. The number of amides is 1. The van der Waals surface area contributed by atoms with Crippen LogP contribution in [0.1, 0.15) is 25.0 Å². The third-order valence-electron chi connectivity index (χ3n) is 4.66. The Morgan fingerprint density at radius 3 is 2.59 bits per heavy atom. The number of amidine groups is 1. The van der Waals surface area contributed by atoms with Gasteiger partial charge in [0.1, 0.15) is 0 Å². The molecule has 5 nitrogen and oxygen atoms in total. The number of nitrogens with one attached hydrogen (secondary N) is 1. The fourth-order valence-electron chi connectivity index (χ4n) is 3.13. The van der Waals surface area contributed by atoms with Crippen molar-refractivity contribution >= 4 is 51.7 Å². The number of rotatable bonds is 3. The maximum absolute atomic E-state index is 12.4. The summed E-state index contributed by atoms with van der Waals surface area (Å²) < 4.78 is 0. The van der Waals surface area contributed by atoms with Gasteiger partial charge in [-0.25, -0.2) is 0 Å². The van der Waals surface area contributed by atoms with Crippen LogP contribution < -0.4 is 10.3 Å². The SMILES string of the molecule is CC1=Nc2ccc(C)cc2S/C1=C(/C)N/N=C1\SCC(=O)N1c1ccc(C)cc1. The highest BCUT2D eigenvalue weighted by molar-refractivity contribution is 8.15. The number of allylic oxidation sites excluding steroid dienone is 2. The largest absolute Gasteiger partial charge is 0.279 e. The van der Waals surface area contributed by atoms with E-state index >= 15 is 0 Å². The first-order valence-corrected chi connectivity index (χ1v) is 11.1. The molecule has 7 heteroatoms. The highest BCUT2D eigenvalue weighted by Crippen LogP contribution is 2.41. The van der Waals surface area contributed by atoms with E-state index in [1.54, 1.807) is 16.7 Å². The lowest BCUT2D eigenvalue weighted by atomic mass is 10.2. The van der Waals surface area contributed by atoms with E-state index in [4.69, 9.17) is 4.99 Å². The van der Waals surface area contributed by atoms with Crippen molar-refractivity contribution in [2.45, 2.75) is 32.6 Å². The van der Waals surface area contributed by atoms with E-state index in [1.807, 2.05) is 45.0 Å². The molecule has 2 aliphatic heterocycles. The number of carbonyl (C=O) groups is 1. The standard InChI is InChI=1S/C22H22N4OS2/c1-13-5-8-17(9-6-13)26-20(27)12-28-22(26)25-24-16(4)21-15(3)23-18-10-7-14(2)11-19(18)29-21/h5-11,24H,12H2,1-4H3/b21-16-,25-22-. The number of thioether (sulfide) groups is 2. The maximum Gasteiger partial charge on any atom is 0.243 e. The summed E-state index contributed by atoms with van der Waals surface area (Å²) in [6.07, 6.45) is 0. The molecule has 0 unspecified atom stereocenters. The molecule has 4 rings (SSSR count). The Balaban J connectivity index is 1.59. The first-order valence-electron chi connectivity index (χ1n) is 9.33. The Kier molecular flexibility index (Phi) is 5.52. The Hall–Kier alpha value is -2.51. The van der Waals surface area contributed by atoms with Gasteiger partial charge in [0.2, 0.25) is 5.91 Å². The second kappa shape index (κ2) is 8.08. The average molecular weight is 423 g/mol. The number of carbonyl (C=O) groups excluding carboxylic acids is 1. The van der Waals surface area contributed by atoms with Crippen molar-refractivity contribution in [1.82, 2.24) is 5.43 Å². The number of benzene rings is 2. The highest BCUT2D eigenvalue weighted by atomic mass is 32.2. The summed E-state index contributed by atoms with van der Waals surface area (Å²) in [5.41, 5.74) is 9.24. The van der Waals surface area contributed by atoms with Crippen LogP contribution in [-0.4, -0.2) is 22.5 Å². The van der Waals surface area contributed by atoms with Gasteiger partial charge in [-0.3, -0.25) is 20.1 Å². The van der Waals surface area contributed by atoms with Gasteiger partial charge in [-0.05, 0) is 57.5 Å². The smallest absolute Gasteiger partial charge is 0.243 e. The van der Waals surface area contributed by atoms with Gasteiger partial charge in [0, 0.05) is 10.6 Å². The molecule has 0 aromatic heterocycles. The van der Waals surface area contributed by atoms with Gasteiger partial charge in [-0.2, -0.15) is 0 Å². The van der Waals surface area contributed by atoms with Crippen molar-refractivity contribution < 1.29 is 4.79 Å². The molecule has 1 N–H and O–H groups in total. The molecule has 0 bridgehead atoms. The lowest BCUT2D eigenvalue weighted by Gasteiger charge is -2.19. The van der Waals surface area contributed by atoms with Crippen LogP contribution >= 0.6 is 23.5 Å². The van der Waals surface area contributed by atoms with Gasteiger partial charge in [0.15, 0.2) is 5.17 Å². The quantitative estimate of drug-likeness (QED) is 0.675. The lowest BCUT2D eigenvalue weighted by molar-refractivity contribution is -0.115. The number of nitrogens with zero attached hydrogens (tertiary/aromatic N) is 3. The molecule has 2 heterocycles. The highest BCUT2D eigenvalue weighted by Gasteiger charge is 2.30. The molecule has 1 fully saturated rings. The predicted molar refractivity (Wildman–Crippen MR) is 124 cm³/mol. The van der Waals surface area contributed by atoms with Gasteiger partial charge in [0.25, 0.3) is 0 Å². The molecule has 2 aromatic carbocycles. The van der Waals surface area contributed by atoms with Crippen LogP contribution in [-0.2, 0) is 4.79 Å². The van der Waals surface area contributed by atoms with E-state index in [0.29, 0.717) is 10.9 Å². The minimum Gasteiger partial charge on any atom is -0.279 e. The van der Waals surface area contributed by atoms with Gasteiger partial charge in [-0.15, -0.1) is 5.10 Å². The van der Waals surface area contributed by atoms with Gasteiger partial charge in [0.05, 0.1) is 27.7 Å².